The Labute approximate surface area is 122 Å². The van der Waals surface area contributed by atoms with E-state index in [1.54, 1.807) is 24.4 Å². The van der Waals surface area contributed by atoms with Crippen LogP contribution in [-0.2, 0) is 6.54 Å². The van der Waals surface area contributed by atoms with Gasteiger partial charge in [0.05, 0.1) is 11.2 Å². The first kappa shape index (κ1) is 14.4. The SMILES string of the molecule is CC(C)CNCc1cnoc1-c1cc(Cl)ccc1Cl. The molecule has 1 aromatic carbocycles. The van der Waals surface area contributed by atoms with Gasteiger partial charge in [0.1, 0.15) is 0 Å². The van der Waals surface area contributed by atoms with E-state index >= 15 is 0 Å². The van der Waals surface area contributed by atoms with Gasteiger partial charge < -0.3 is 9.84 Å². The van der Waals surface area contributed by atoms with Crippen molar-refractivity contribution in [1.29, 1.82) is 0 Å². The summed E-state index contributed by atoms with van der Waals surface area (Å²) >= 11 is 12.2. The van der Waals surface area contributed by atoms with Crippen molar-refractivity contribution in [3.8, 4) is 11.3 Å². The molecule has 19 heavy (non-hydrogen) atoms. The number of nitrogens with one attached hydrogen (secondary N) is 1. The predicted molar refractivity (Wildman–Crippen MR) is 78.5 cm³/mol. The number of hydrogen-bond acceptors (Lipinski definition) is 3. The molecule has 0 atom stereocenters. The standard InChI is InChI=1S/C14H16Cl2N2O/c1-9(2)6-17-7-10-8-18-19-14(10)12-5-11(15)3-4-13(12)16/h3-5,8-9,17H,6-7H2,1-2H3. The number of nitrogens with zero attached hydrogens (tertiary/aromatic N) is 1. The Bertz CT molecular complexity index is 552. The van der Waals surface area contributed by atoms with E-state index in [1.165, 1.54) is 0 Å². The quantitative estimate of drug-likeness (QED) is 0.889. The molecule has 3 nitrogen and oxygen atoms in total. The van der Waals surface area contributed by atoms with Crippen LogP contribution in [0.4, 0.5) is 0 Å². The third-order valence-corrected chi connectivity index (χ3v) is 3.25. The summed E-state index contributed by atoms with van der Waals surface area (Å²) in [4.78, 5) is 0. The molecule has 5 heteroatoms. The summed E-state index contributed by atoms with van der Waals surface area (Å²) in [6.45, 7) is 5.96. The average Bonchev–Trinajstić information content (AvgIpc) is 2.80. The molecule has 2 aromatic rings. The van der Waals surface area contributed by atoms with Gasteiger partial charge in [-0.3, -0.25) is 0 Å². The lowest BCUT2D eigenvalue weighted by Crippen LogP contribution is -2.18. The lowest BCUT2D eigenvalue weighted by atomic mass is 10.1. The maximum atomic E-state index is 6.18. The maximum Gasteiger partial charge on any atom is 0.172 e. The highest BCUT2D eigenvalue weighted by Gasteiger charge is 2.14. The van der Waals surface area contributed by atoms with Crippen molar-refractivity contribution in [2.75, 3.05) is 6.54 Å². The van der Waals surface area contributed by atoms with Crippen molar-refractivity contribution in [1.82, 2.24) is 10.5 Å². The van der Waals surface area contributed by atoms with Gasteiger partial charge in [0, 0.05) is 22.7 Å². The van der Waals surface area contributed by atoms with Crippen LogP contribution >= 0.6 is 23.2 Å². The fourth-order valence-corrected chi connectivity index (χ4v) is 2.15. The van der Waals surface area contributed by atoms with E-state index in [-0.39, 0.29) is 0 Å². The van der Waals surface area contributed by atoms with Crippen molar-refractivity contribution in [3.63, 3.8) is 0 Å². The molecule has 0 aliphatic rings. The highest BCUT2D eigenvalue weighted by molar-refractivity contribution is 6.35. The Kier molecular flexibility index (Phi) is 4.86. The minimum absolute atomic E-state index is 0.595. The summed E-state index contributed by atoms with van der Waals surface area (Å²) in [6.07, 6.45) is 1.71. The van der Waals surface area contributed by atoms with Gasteiger partial charge in [-0.15, -0.1) is 0 Å². The Morgan fingerprint density at radius 1 is 1.32 bits per heavy atom. The van der Waals surface area contributed by atoms with Crippen LogP contribution in [0.1, 0.15) is 19.4 Å². The van der Waals surface area contributed by atoms with Crippen molar-refractivity contribution < 1.29 is 4.52 Å². The zero-order valence-electron chi connectivity index (χ0n) is 10.9. The van der Waals surface area contributed by atoms with Crippen LogP contribution in [0.25, 0.3) is 11.3 Å². The monoisotopic (exact) mass is 298 g/mol. The summed E-state index contributed by atoms with van der Waals surface area (Å²) in [5.41, 5.74) is 1.75. The van der Waals surface area contributed by atoms with Gasteiger partial charge >= 0.3 is 0 Å². The van der Waals surface area contributed by atoms with Gasteiger partial charge in [-0.1, -0.05) is 42.2 Å². The lowest BCUT2D eigenvalue weighted by molar-refractivity contribution is 0.431. The van der Waals surface area contributed by atoms with Crippen molar-refractivity contribution in [2.45, 2.75) is 20.4 Å². The smallest absolute Gasteiger partial charge is 0.172 e. The second-order valence-corrected chi connectivity index (χ2v) is 5.67. The van der Waals surface area contributed by atoms with E-state index in [0.717, 1.165) is 17.7 Å². The summed E-state index contributed by atoms with van der Waals surface area (Å²) < 4.78 is 5.31. The summed E-state index contributed by atoms with van der Waals surface area (Å²) in [5, 5.41) is 8.43. The highest BCUT2D eigenvalue weighted by Crippen LogP contribution is 2.32. The molecule has 1 N–H and O–H groups in total. The second kappa shape index (κ2) is 6.42. The molecule has 0 aliphatic carbocycles. The maximum absolute atomic E-state index is 6.18. The van der Waals surface area contributed by atoms with Gasteiger partial charge in [0.15, 0.2) is 5.76 Å². The van der Waals surface area contributed by atoms with Crippen LogP contribution in [0.3, 0.4) is 0 Å². The molecule has 102 valence electrons. The van der Waals surface area contributed by atoms with Crippen molar-refractivity contribution in [2.24, 2.45) is 5.92 Å². The highest BCUT2D eigenvalue weighted by atomic mass is 35.5. The first-order valence-corrected chi connectivity index (χ1v) is 6.93. The first-order valence-electron chi connectivity index (χ1n) is 6.17. The molecular weight excluding hydrogens is 283 g/mol. The van der Waals surface area contributed by atoms with E-state index in [2.05, 4.69) is 24.3 Å². The van der Waals surface area contributed by atoms with Crippen LogP contribution in [-0.4, -0.2) is 11.7 Å². The number of aromatic nitrogens is 1. The molecule has 1 heterocycles. The third kappa shape index (κ3) is 3.72. The molecule has 1 aromatic heterocycles. The molecule has 0 radical (unpaired) electrons. The summed E-state index contributed by atoms with van der Waals surface area (Å²) in [5.74, 6) is 1.27. The molecule has 0 fully saturated rings. The largest absolute Gasteiger partial charge is 0.356 e. The molecule has 0 spiro atoms. The Morgan fingerprint density at radius 3 is 2.84 bits per heavy atom. The van der Waals surface area contributed by atoms with Crippen LogP contribution < -0.4 is 5.32 Å². The van der Waals surface area contributed by atoms with Gasteiger partial charge in [0.25, 0.3) is 0 Å². The van der Waals surface area contributed by atoms with Crippen LogP contribution in [0.2, 0.25) is 10.0 Å². The fourth-order valence-electron chi connectivity index (χ4n) is 1.78. The molecule has 0 aliphatic heterocycles. The van der Waals surface area contributed by atoms with Crippen LogP contribution in [0, 0.1) is 5.92 Å². The number of rotatable bonds is 5. The van der Waals surface area contributed by atoms with Crippen LogP contribution in [0.5, 0.6) is 0 Å². The summed E-state index contributed by atoms with van der Waals surface area (Å²) in [6, 6.07) is 5.30. The van der Waals surface area contributed by atoms with Gasteiger partial charge in [-0.2, -0.15) is 0 Å². The molecule has 0 amide bonds. The van der Waals surface area contributed by atoms with Crippen molar-refractivity contribution >= 4 is 23.2 Å². The van der Waals surface area contributed by atoms with Crippen LogP contribution in [0.15, 0.2) is 28.9 Å². The van der Waals surface area contributed by atoms with E-state index in [4.69, 9.17) is 27.7 Å². The zero-order valence-corrected chi connectivity index (χ0v) is 12.4. The van der Waals surface area contributed by atoms with E-state index < -0.39 is 0 Å². The minimum Gasteiger partial charge on any atom is -0.356 e. The average molecular weight is 299 g/mol. The van der Waals surface area contributed by atoms with Gasteiger partial charge in [-0.25, -0.2) is 0 Å². The lowest BCUT2D eigenvalue weighted by Gasteiger charge is -2.07. The van der Waals surface area contributed by atoms with Crippen molar-refractivity contribution in [3.05, 3.63) is 40.0 Å². The molecule has 2 rings (SSSR count). The zero-order chi connectivity index (χ0) is 13.8. The van der Waals surface area contributed by atoms with E-state index in [0.29, 0.717) is 28.3 Å². The molecular formula is C14H16Cl2N2O. The fraction of sp³-hybridized carbons (Fsp3) is 0.357. The minimum atomic E-state index is 0.595. The van der Waals surface area contributed by atoms with E-state index in [1.807, 2.05) is 0 Å². The molecule has 0 unspecified atom stereocenters. The van der Waals surface area contributed by atoms with Gasteiger partial charge in [0.2, 0.25) is 0 Å². The Balaban J connectivity index is 2.21. The first-order chi connectivity index (χ1) is 9.08. The Hall–Kier alpha value is -1.03. The molecule has 0 saturated heterocycles. The molecule has 0 bridgehead atoms. The van der Waals surface area contributed by atoms with E-state index in [9.17, 15) is 0 Å². The number of benzene rings is 1. The third-order valence-electron chi connectivity index (χ3n) is 2.69. The molecule has 0 saturated carbocycles. The predicted octanol–water partition coefficient (Wildman–Crippen LogP) is 4.39. The number of halogens is 2. The normalized spacial score (nSPS) is 11.2. The topological polar surface area (TPSA) is 38.1 Å². The second-order valence-electron chi connectivity index (χ2n) is 4.83. The number of hydrogen-bond donors (Lipinski definition) is 1. The van der Waals surface area contributed by atoms with Gasteiger partial charge in [-0.05, 0) is 30.7 Å². The summed E-state index contributed by atoms with van der Waals surface area (Å²) in [7, 11) is 0. The Morgan fingerprint density at radius 2 is 2.11 bits per heavy atom.